The van der Waals surface area contributed by atoms with Gasteiger partial charge >= 0.3 is 0 Å². The van der Waals surface area contributed by atoms with E-state index < -0.39 is 0 Å². The monoisotopic (exact) mass is 251 g/mol. The fourth-order valence-corrected chi connectivity index (χ4v) is 1.36. The largest absolute Gasteiger partial charge is 0.388 e. The number of pyridine rings is 1. The standard InChI is InChI=1S/C13H21N3O2/c1-10(2)9-18-7-6-16-13(17)12-8-11(14-3)4-5-15-12/h4-5,8,10H,6-7,9H2,1-3H3,(H,14,15)(H,16,17). The number of ether oxygens (including phenoxy) is 1. The summed E-state index contributed by atoms with van der Waals surface area (Å²) in [6, 6.07) is 3.52. The number of amides is 1. The lowest BCUT2D eigenvalue weighted by Gasteiger charge is -2.08. The summed E-state index contributed by atoms with van der Waals surface area (Å²) in [5.41, 5.74) is 1.27. The number of carbonyl (C=O) groups excluding carboxylic acids is 1. The second-order valence-corrected chi connectivity index (χ2v) is 4.40. The van der Waals surface area contributed by atoms with E-state index in [-0.39, 0.29) is 5.91 Å². The van der Waals surface area contributed by atoms with E-state index in [1.54, 1.807) is 19.3 Å². The third-order valence-electron chi connectivity index (χ3n) is 2.26. The molecule has 0 aromatic carbocycles. The molecular formula is C13H21N3O2. The quantitative estimate of drug-likeness (QED) is 0.721. The summed E-state index contributed by atoms with van der Waals surface area (Å²) in [7, 11) is 1.80. The molecule has 18 heavy (non-hydrogen) atoms. The molecule has 0 radical (unpaired) electrons. The van der Waals surface area contributed by atoms with Gasteiger partial charge in [0.15, 0.2) is 0 Å². The van der Waals surface area contributed by atoms with Crippen molar-refractivity contribution in [3.8, 4) is 0 Å². The van der Waals surface area contributed by atoms with Gasteiger partial charge in [0.25, 0.3) is 5.91 Å². The van der Waals surface area contributed by atoms with Crippen LogP contribution >= 0.6 is 0 Å². The van der Waals surface area contributed by atoms with Crippen LogP contribution in [0.1, 0.15) is 24.3 Å². The van der Waals surface area contributed by atoms with Gasteiger partial charge in [0.2, 0.25) is 0 Å². The van der Waals surface area contributed by atoms with Gasteiger partial charge in [-0.1, -0.05) is 13.8 Å². The summed E-state index contributed by atoms with van der Waals surface area (Å²) < 4.78 is 5.38. The lowest BCUT2D eigenvalue weighted by atomic mass is 10.2. The number of hydrogen-bond donors (Lipinski definition) is 2. The third kappa shape index (κ3) is 5.14. The van der Waals surface area contributed by atoms with E-state index in [1.165, 1.54) is 0 Å². The average molecular weight is 251 g/mol. The van der Waals surface area contributed by atoms with Gasteiger partial charge in [0.1, 0.15) is 5.69 Å². The van der Waals surface area contributed by atoms with Gasteiger partial charge in [-0.25, -0.2) is 0 Å². The first-order chi connectivity index (χ1) is 8.63. The van der Waals surface area contributed by atoms with E-state index >= 15 is 0 Å². The Morgan fingerprint density at radius 3 is 2.94 bits per heavy atom. The van der Waals surface area contributed by atoms with E-state index in [1.807, 2.05) is 6.07 Å². The first-order valence-electron chi connectivity index (χ1n) is 6.13. The first kappa shape index (κ1) is 14.4. The summed E-state index contributed by atoms with van der Waals surface area (Å²) in [6.45, 7) is 5.91. The Bertz CT molecular complexity index is 380. The molecule has 5 heteroatoms. The van der Waals surface area contributed by atoms with E-state index in [0.29, 0.717) is 31.4 Å². The maximum absolute atomic E-state index is 11.8. The predicted molar refractivity (Wildman–Crippen MR) is 71.8 cm³/mol. The van der Waals surface area contributed by atoms with Crippen LogP contribution in [0.2, 0.25) is 0 Å². The number of anilines is 1. The molecule has 2 N–H and O–H groups in total. The maximum Gasteiger partial charge on any atom is 0.270 e. The zero-order valence-electron chi connectivity index (χ0n) is 11.2. The highest BCUT2D eigenvalue weighted by Crippen LogP contribution is 2.06. The molecule has 0 aliphatic carbocycles. The maximum atomic E-state index is 11.8. The molecule has 100 valence electrons. The summed E-state index contributed by atoms with van der Waals surface area (Å²) in [4.78, 5) is 15.8. The topological polar surface area (TPSA) is 63.2 Å². The van der Waals surface area contributed by atoms with Crippen molar-refractivity contribution in [2.45, 2.75) is 13.8 Å². The van der Waals surface area contributed by atoms with Crippen molar-refractivity contribution in [2.75, 3.05) is 32.1 Å². The molecule has 0 fully saturated rings. The number of carbonyl (C=O) groups is 1. The van der Waals surface area contributed by atoms with Crippen molar-refractivity contribution in [3.63, 3.8) is 0 Å². The van der Waals surface area contributed by atoms with Crippen LogP contribution in [0.25, 0.3) is 0 Å². The molecule has 0 aliphatic rings. The number of rotatable bonds is 7. The molecule has 0 saturated heterocycles. The summed E-state index contributed by atoms with van der Waals surface area (Å²) in [6.07, 6.45) is 1.61. The lowest BCUT2D eigenvalue weighted by Crippen LogP contribution is -2.28. The molecule has 0 spiro atoms. The normalized spacial score (nSPS) is 10.4. The molecule has 1 rings (SSSR count). The molecular weight excluding hydrogens is 230 g/mol. The van der Waals surface area contributed by atoms with E-state index in [2.05, 4.69) is 29.5 Å². The SMILES string of the molecule is CNc1ccnc(C(=O)NCCOCC(C)C)c1. The second-order valence-electron chi connectivity index (χ2n) is 4.40. The van der Waals surface area contributed by atoms with Crippen LogP contribution in [0.4, 0.5) is 5.69 Å². The highest BCUT2D eigenvalue weighted by Gasteiger charge is 2.06. The zero-order chi connectivity index (χ0) is 13.4. The summed E-state index contributed by atoms with van der Waals surface area (Å²) >= 11 is 0. The molecule has 0 bridgehead atoms. The van der Waals surface area contributed by atoms with E-state index in [9.17, 15) is 4.79 Å². The highest BCUT2D eigenvalue weighted by molar-refractivity contribution is 5.93. The lowest BCUT2D eigenvalue weighted by molar-refractivity contribution is 0.0882. The summed E-state index contributed by atoms with van der Waals surface area (Å²) in [5.74, 6) is 0.329. The van der Waals surface area contributed by atoms with Crippen molar-refractivity contribution in [1.82, 2.24) is 10.3 Å². The van der Waals surface area contributed by atoms with Crippen molar-refractivity contribution in [1.29, 1.82) is 0 Å². The minimum atomic E-state index is -0.180. The van der Waals surface area contributed by atoms with Crippen LogP contribution in [0, 0.1) is 5.92 Å². The fourth-order valence-electron chi connectivity index (χ4n) is 1.36. The van der Waals surface area contributed by atoms with Crippen LogP contribution < -0.4 is 10.6 Å². The Morgan fingerprint density at radius 1 is 1.50 bits per heavy atom. The Labute approximate surface area is 108 Å². The Hall–Kier alpha value is -1.62. The number of aromatic nitrogens is 1. The van der Waals surface area contributed by atoms with Crippen LogP contribution in [-0.2, 0) is 4.74 Å². The molecule has 0 unspecified atom stereocenters. The Kier molecular flexibility index (Phi) is 6.14. The highest BCUT2D eigenvalue weighted by atomic mass is 16.5. The van der Waals surface area contributed by atoms with Gasteiger partial charge in [-0.3, -0.25) is 9.78 Å². The molecule has 0 atom stereocenters. The van der Waals surface area contributed by atoms with Crippen molar-refractivity contribution < 1.29 is 9.53 Å². The summed E-state index contributed by atoms with van der Waals surface area (Å²) in [5, 5.41) is 5.74. The minimum absolute atomic E-state index is 0.180. The molecule has 1 aromatic heterocycles. The molecule has 5 nitrogen and oxygen atoms in total. The van der Waals surface area contributed by atoms with Crippen LogP contribution in [0.3, 0.4) is 0 Å². The van der Waals surface area contributed by atoms with E-state index in [4.69, 9.17) is 4.74 Å². The first-order valence-corrected chi connectivity index (χ1v) is 6.13. The van der Waals surface area contributed by atoms with Crippen molar-refractivity contribution >= 4 is 11.6 Å². The van der Waals surface area contributed by atoms with Crippen molar-refractivity contribution in [2.24, 2.45) is 5.92 Å². The number of hydrogen-bond acceptors (Lipinski definition) is 4. The van der Waals surface area contributed by atoms with Gasteiger partial charge in [0.05, 0.1) is 6.61 Å². The predicted octanol–water partition coefficient (Wildman–Crippen LogP) is 1.53. The molecule has 1 aromatic rings. The van der Waals surface area contributed by atoms with Gasteiger partial charge in [0, 0.05) is 32.1 Å². The van der Waals surface area contributed by atoms with E-state index in [0.717, 1.165) is 5.69 Å². The molecule has 0 saturated carbocycles. The smallest absolute Gasteiger partial charge is 0.270 e. The molecule has 1 amide bonds. The van der Waals surface area contributed by atoms with Gasteiger partial charge in [-0.2, -0.15) is 0 Å². The fraction of sp³-hybridized carbons (Fsp3) is 0.538. The van der Waals surface area contributed by atoms with Crippen LogP contribution in [-0.4, -0.2) is 37.7 Å². The Morgan fingerprint density at radius 2 is 2.28 bits per heavy atom. The van der Waals surface area contributed by atoms with Gasteiger partial charge < -0.3 is 15.4 Å². The van der Waals surface area contributed by atoms with Crippen molar-refractivity contribution in [3.05, 3.63) is 24.0 Å². The van der Waals surface area contributed by atoms with Crippen LogP contribution in [0.15, 0.2) is 18.3 Å². The number of nitrogens with zero attached hydrogens (tertiary/aromatic N) is 1. The van der Waals surface area contributed by atoms with Gasteiger partial charge in [-0.05, 0) is 18.1 Å². The van der Waals surface area contributed by atoms with Crippen LogP contribution in [0.5, 0.6) is 0 Å². The average Bonchev–Trinajstić information content (AvgIpc) is 2.37. The third-order valence-corrected chi connectivity index (χ3v) is 2.26. The minimum Gasteiger partial charge on any atom is -0.388 e. The molecule has 1 heterocycles. The number of nitrogens with one attached hydrogen (secondary N) is 2. The Balaban J connectivity index is 2.31. The van der Waals surface area contributed by atoms with Gasteiger partial charge in [-0.15, -0.1) is 0 Å². The molecule has 0 aliphatic heterocycles. The second kappa shape index (κ2) is 7.66. The zero-order valence-corrected chi connectivity index (χ0v) is 11.2.